The van der Waals surface area contributed by atoms with Crippen LogP contribution >= 0.6 is 0 Å². The van der Waals surface area contributed by atoms with Crippen LogP contribution in [0.3, 0.4) is 0 Å². The molecule has 0 radical (unpaired) electrons. The maximum atomic E-state index is 9.61. The molecule has 0 spiro atoms. The monoisotopic (exact) mass is 255 g/mol. The number of benzene rings is 1. The number of aliphatic hydroxyl groups excluding tert-OH is 1. The standard InChI is InChI=1S/C15H17N3O/c1-11(19)12-5-7-18(8-6-12)15-13(9-16)3-2-4-14(15)10-17/h2-4,11-12,19H,5-8H2,1H3/t11-/m0/s1. The number of nitriles is 2. The van der Waals surface area contributed by atoms with Crippen molar-refractivity contribution in [1.29, 1.82) is 10.5 Å². The minimum absolute atomic E-state index is 0.288. The van der Waals surface area contributed by atoms with Crippen molar-refractivity contribution in [2.45, 2.75) is 25.9 Å². The lowest BCUT2D eigenvalue weighted by Gasteiger charge is -2.35. The fraction of sp³-hybridized carbons (Fsp3) is 0.467. The summed E-state index contributed by atoms with van der Waals surface area (Å²) in [6.45, 7) is 3.39. The predicted octanol–water partition coefficient (Wildman–Crippen LogP) is 2.03. The summed E-state index contributed by atoms with van der Waals surface area (Å²) in [7, 11) is 0. The molecule has 1 atom stereocenters. The molecular weight excluding hydrogens is 238 g/mol. The highest BCUT2D eigenvalue weighted by atomic mass is 16.3. The molecule has 4 nitrogen and oxygen atoms in total. The highest BCUT2D eigenvalue weighted by molar-refractivity contribution is 5.68. The molecule has 98 valence electrons. The van der Waals surface area contributed by atoms with Gasteiger partial charge in [0.2, 0.25) is 0 Å². The number of rotatable bonds is 2. The van der Waals surface area contributed by atoms with Crippen LogP contribution in [0.15, 0.2) is 18.2 Å². The molecular formula is C15H17N3O. The molecule has 0 aromatic heterocycles. The van der Waals surface area contributed by atoms with Gasteiger partial charge in [-0.3, -0.25) is 0 Å². The van der Waals surface area contributed by atoms with Gasteiger partial charge in [-0.15, -0.1) is 0 Å². The Balaban J connectivity index is 2.25. The average Bonchev–Trinajstić information content (AvgIpc) is 2.46. The van der Waals surface area contributed by atoms with Crippen LogP contribution in [0, 0.1) is 28.6 Å². The maximum absolute atomic E-state index is 9.61. The van der Waals surface area contributed by atoms with Crippen molar-refractivity contribution >= 4 is 5.69 Å². The minimum atomic E-state index is -0.288. The molecule has 0 bridgehead atoms. The Morgan fingerprint density at radius 2 is 1.74 bits per heavy atom. The number of nitrogens with zero attached hydrogens (tertiary/aromatic N) is 3. The fourth-order valence-corrected chi connectivity index (χ4v) is 2.67. The molecule has 1 aromatic rings. The van der Waals surface area contributed by atoms with Gasteiger partial charge in [-0.05, 0) is 37.8 Å². The molecule has 1 N–H and O–H groups in total. The molecule has 4 heteroatoms. The van der Waals surface area contributed by atoms with Crippen LogP contribution in [-0.2, 0) is 0 Å². The Bertz CT molecular complexity index is 499. The summed E-state index contributed by atoms with van der Waals surface area (Å²) < 4.78 is 0. The average molecular weight is 255 g/mol. The molecule has 1 aliphatic heterocycles. The summed E-state index contributed by atoms with van der Waals surface area (Å²) in [6.07, 6.45) is 1.49. The molecule has 1 aliphatic rings. The van der Waals surface area contributed by atoms with Crippen LogP contribution in [0.4, 0.5) is 5.69 Å². The van der Waals surface area contributed by atoms with Gasteiger partial charge in [0, 0.05) is 13.1 Å². The lowest BCUT2D eigenvalue weighted by atomic mass is 9.91. The van der Waals surface area contributed by atoms with Crippen LogP contribution < -0.4 is 4.90 Å². The zero-order chi connectivity index (χ0) is 13.8. The highest BCUT2D eigenvalue weighted by Gasteiger charge is 2.25. The second-order valence-electron chi connectivity index (χ2n) is 4.99. The first-order valence-corrected chi connectivity index (χ1v) is 6.53. The SMILES string of the molecule is C[C@H](O)C1CCN(c2c(C#N)cccc2C#N)CC1. The second-order valence-corrected chi connectivity index (χ2v) is 4.99. The van der Waals surface area contributed by atoms with E-state index in [-0.39, 0.29) is 6.10 Å². The first-order chi connectivity index (χ1) is 9.17. The summed E-state index contributed by atoms with van der Waals surface area (Å²) in [5.41, 5.74) is 1.85. The quantitative estimate of drug-likeness (QED) is 0.877. The van der Waals surface area contributed by atoms with Crippen molar-refractivity contribution in [1.82, 2.24) is 0 Å². The Morgan fingerprint density at radius 3 is 2.16 bits per heavy atom. The number of aliphatic hydroxyl groups is 1. The van der Waals surface area contributed by atoms with E-state index in [1.165, 1.54) is 0 Å². The normalized spacial score (nSPS) is 17.6. The van der Waals surface area contributed by atoms with Crippen LogP contribution in [0.25, 0.3) is 0 Å². The van der Waals surface area contributed by atoms with E-state index in [2.05, 4.69) is 17.0 Å². The van der Waals surface area contributed by atoms with E-state index < -0.39 is 0 Å². The number of hydrogen-bond donors (Lipinski definition) is 1. The van der Waals surface area contributed by atoms with E-state index in [0.29, 0.717) is 17.0 Å². The summed E-state index contributed by atoms with van der Waals surface area (Å²) in [6, 6.07) is 9.55. The number of hydrogen-bond acceptors (Lipinski definition) is 4. The molecule has 1 aromatic carbocycles. The van der Waals surface area contributed by atoms with Crippen LogP contribution in [-0.4, -0.2) is 24.3 Å². The van der Waals surface area contributed by atoms with Gasteiger partial charge in [0.25, 0.3) is 0 Å². The van der Waals surface area contributed by atoms with E-state index in [9.17, 15) is 15.6 Å². The lowest BCUT2D eigenvalue weighted by molar-refractivity contribution is 0.110. The van der Waals surface area contributed by atoms with Gasteiger partial charge < -0.3 is 10.0 Å². The number of piperidine rings is 1. The summed E-state index contributed by atoms with van der Waals surface area (Å²) >= 11 is 0. The highest BCUT2D eigenvalue weighted by Crippen LogP contribution is 2.30. The summed E-state index contributed by atoms with van der Waals surface area (Å²) in [5, 5.41) is 28.0. The van der Waals surface area contributed by atoms with Crippen LogP contribution in [0.1, 0.15) is 30.9 Å². The van der Waals surface area contributed by atoms with E-state index in [1.54, 1.807) is 18.2 Å². The summed E-state index contributed by atoms with van der Waals surface area (Å²) in [4.78, 5) is 2.09. The molecule has 0 amide bonds. The van der Waals surface area contributed by atoms with Crippen molar-refractivity contribution in [2.24, 2.45) is 5.92 Å². The molecule has 1 saturated heterocycles. The smallest absolute Gasteiger partial charge is 0.101 e. The Labute approximate surface area is 113 Å². The van der Waals surface area contributed by atoms with Crippen molar-refractivity contribution in [2.75, 3.05) is 18.0 Å². The molecule has 0 saturated carbocycles. The van der Waals surface area contributed by atoms with E-state index in [1.807, 2.05) is 6.92 Å². The van der Waals surface area contributed by atoms with Gasteiger partial charge in [0.1, 0.15) is 12.1 Å². The lowest BCUT2D eigenvalue weighted by Crippen LogP contribution is -2.37. The van der Waals surface area contributed by atoms with Gasteiger partial charge in [-0.1, -0.05) is 6.07 Å². The van der Waals surface area contributed by atoms with Crippen molar-refractivity contribution in [3.63, 3.8) is 0 Å². The second kappa shape index (κ2) is 5.73. The summed E-state index contributed by atoms with van der Waals surface area (Å²) in [5.74, 6) is 0.316. The van der Waals surface area contributed by atoms with E-state index in [0.717, 1.165) is 31.6 Å². The predicted molar refractivity (Wildman–Crippen MR) is 72.5 cm³/mol. The van der Waals surface area contributed by atoms with Crippen molar-refractivity contribution in [3.05, 3.63) is 29.3 Å². The number of anilines is 1. The third-order valence-corrected chi connectivity index (χ3v) is 3.81. The molecule has 1 heterocycles. The first kappa shape index (κ1) is 13.4. The van der Waals surface area contributed by atoms with Gasteiger partial charge >= 0.3 is 0 Å². The molecule has 0 unspecified atom stereocenters. The molecule has 1 fully saturated rings. The Hall–Kier alpha value is -2.04. The van der Waals surface area contributed by atoms with Crippen LogP contribution in [0.2, 0.25) is 0 Å². The first-order valence-electron chi connectivity index (χ1n) is 6.53. The maximum Gasteiger partial charge on any atom is 0.101 e. The van der Waals surface area contributed by atoms with Crippen LogP contribution in [0.5, 0.6) is 0 Å². The topological polar surface area (TPSA) is 71.0 Å². The van der Waals surface area contributed by atoms with E-state index >= 15 is 0 Å². The third-order valence-electron chi connectivity index (χ3n) is 3.81. The van der Waals surface area contributed by atoms with Crippen molar-refractivity contribution < 1.29 is 5.11 Å². The van der Waals surface area contributed by atoms with E-state index in [4.69, 9.17) is 0 Å². The minimum Gasteiger partial charge on any atom is -0.393 e. The fourth-order valence-electron chi connectivity index (χ4n) is 2.67. The van der Waals surface area contributed by atoms with Gasteiger partial charge in [0.15, 0.2) is 0 Å². The van der Waals surface area contributed by atoms with Crippen molar-refractivity contribution in [3.8, 4) is 12.1 Å². The molecule has 0 aliphatic carbocycles. The zero-order valence-corrected chi connectivity index (χ0v) is 11.0. The molecule has 19 heavy (non-hydrogen) atoms. The van der Waals surface area contributed by atoms with Gasteiger partial charge in [0.05, 0.1) is 22.9 Å². The van der Waals surface area contributed by atoms with Gasteiger partial charge in [-0.25, -0.2) is 0 Å². The molecule has 2 rings (SSSR count). The van der Waals surface area contributed by atoms with Gasteiger partial charge in [-0.2, -0.15) is 10.5 Å². The Kier molecular flexibility index (Phi) is 4.04. The Morgan fingerprint density at radius 1 is 1.21 bits per heavy atom. The zero-order valence-electron chi connectivity index (χ0n) is 11.0. The third kappa shape index (κ3) is 2.70. The number of para-hydroxylation sites is 1. The largest absolute Gasteiger partial charge is 0.393 e.